The van der Waals surface area contributed by atoms with Crippen LogP contribution in [0.3, 0.4) is 0 Å². The number of rotatable bonds is 6. The van der Waals surface area contributed by atoms with Gasteiger partial charge in [0, 0.05) is 6.42 Å². The smallest absolute Gasteiger partial charge is 0.0577 e. The fourth-order valence-corrected chi connectivity index (χ4v) is 2.82. The maximum atomic E-state index is 9.97. The van der Waals surface area contributed by atoms with Crippen molar-refractivity contribution in [2.45, 2.75) is 70.8 Å². The van der Waals surface area contributed by atoms with Crippen LogP contribution in [0.4, 0.5) is 0 Å². The topological polar surface area (TPSA) is 20.2 Å². The van der Waals surface area contributed by atoms with Crippen LogP contribution in [0.2, 0.25) is 0 Å². The van der Waals surface area contributed by atoms with Crippen molar-refractivity contribution >= 4 is 0 Å². The van der Waals surface area contributed by atoms with Gasteiger partial charge in [-0.25, -0.2) is 0 Å². The second-order valence-electron chi connectivity index (χ2n) is 5.23. The van der Waals surface area contributed by atoms with Crippen LogP contribution in [0.25, 0.3) is 0 Å². The highest BCUT2D eigenvalue weighted by molar-refractivity contribution is 4.86. The van der Waals surface area contributed by atoms with Gasteiger partial charge < -0.3 is 5.11 Å². The molecule has 1 atom stereocenters. The molecule has 1 aliphatic rings. The second kappa shape index (κ2) is 7.74. The zero-order valence-corrected chi connectivity index (χ0v) is 10.6. The number of hydrogen-bond donors (Lipinski definition) is 1. The summed E-state index contributed by atoms with van der Waals surface area (Å²) in [5.41, 5.74) is 0. The Bertz CT molecular complexity index is 208. The highest BCUT2D eigenvalue weighted by Crippen LogP contribution is 2.34. The molecule has 1 aliphatic carbocycles. The molecule has 0 aromatic heterocycles. The molecule has 0 spiro atoms. The van der Waals surface area contributed by atoms with Gasteiger partial charge in [0.05, 0.1) is 6.10 Å². The van der Waals surface area contributed by atoms with Crippen LogP contribution in [0.1, 0.15) is 64.7 Å². The van der Waals surface area contributed by atoms with E-state index in [4.69, 9.17) is 6.42 Å². The molecule has 16 heavy (non-hydrogen) atoms. The Kier molecular flexibility index (Phi) is 6.57. The summed E-state index contributed by atoms with van der Waals surface area (Å²) in [6.45, 7) is 2.26. The Morgan fingerprint density at radius 1 is 1.31 bits per heavy atom. The van der Waals surface area contributed by atoms with E-state index in [-0.39, 0.29) is 6.10 Å². The summed E-state index contributed by atoms with van der Waals surface area (Å²) < 4.78 is 0. The van der Waals surface area contributed by atoms with Crippen LogP contribution in [-0.4, -0.2) is 11.2 Å². The SMILES string of the molecule is C#CCCC(O)C1CCC(CCCC)CC1. The predicted molar refractivity (Wildman–Crippen MR) is 69.0 cm³/mol. The van der Waals surface area contributed by atoms with Crippen molar-refractivity contribution in [3.63, 3.8) is 0 Å². The van der Waals surface area contributed by atoms with Crippen LogP contribution < -0.4 is 0 Å². The van der Waals surface area contributed by atoms with Crippen LogP contribution in [0.5, 0.6) is 0 Å². The fraction of sp³-hybridized carbons (Fsp3) is 0.867. The molecule has 1 saturated carbocycles. The molecular formula is C15H26O. The van der Waals surface area contributed by atoms with Gasteiger partial charge in [0.2, 0.25) is 0 Å². The van der Waals surface area contributed by atoms with Crippen LogP contribution in [-0.2, 0) is 0 Å². The molecule has 0 aliphatic heterocycles. The third-order valence-electron chi connectivity index (χ3n) is 3.99. The van der Waals surface area contributed by atoms with E-state index in [1.165, 1.54) is 44.9 Å². The zero-order chi connectivity index (χ0) is 11.8. The van der Waals surface area contributed by atoms with E-state index < -0.39 is 0 Å². The molecule has 92 valence electrons. The summed E-state index contributed by atoms with van der Waals surface area (Å²) in [6.07, 6.45) is 15.7. The monoisotopic (exact) mass is 222 g/mol. The lowest BCUT2D eigenvalue weighted by Gasteiger charge is -2.31. The Labute approximate surface area is 101 Å². The van der Waals surface area contributed by atoms with Gasteiger partial charge in [-0.15, -0.1) is 12.3 Å². The largest absolute Gasteiger partial charge is 0.393 e. The Morgan fingerprint density at radius 2 is 2.00 bits per heavy atom. The molecule has 1 unspecified atom stereocenters. The first-order valence-electron chi connectivity index (χ1n) is 6.89. The summed E-state index contributed by atoms with van der Waals surface area (Å²) in [4.78, 5) is 0. The van der Waals surface area contributed by atoms with Crippen molar-refractivity contribution in [1.82, 2.24) is 0 Å². The average molecular weight is 222 g/mol. The van der Waals surface area contributed by atoms with Gasteiger partial charge in [-0.1, -0.05) is 39.0 Å². The van der Waals surface area contributed by atoms with Gasteiger partial charge in [0.15, 0.2) is 0 Å². The van der Waals surface area contributed by atoms with E-state index >= 15 is 0 Å². The molecular weight excluding hydrogens is 196 g/mol. The Morgan fingerprint density at radius 3 is 2.56 bits per heavy atom. The zero-order valence-electron chi connectivity index (χ0n) is 10.6. The molecule has 0 radical (unpaired) electrons. The lowest BCUT2D eigenvalue weighted by molar-refractivity contribution is 0.0668. The van der Waals surface area contributed by atoms with Crippen molar-refractivity contribution in [1.29, 1.82) is 0 Å². The third-order valence-corrected chi connectivity index (χ3v) is 3.99. The minimum absolute atomic E-state index is 0.150. The van der Waals surface area contributed by atoms with Gasteiger partial charge >= 0.3 is 0 Å². The molecule has 0 bridgehead atoms. The Balaban J connectivity index is 2.18. The molecule has 1 N–H and O–H groups in total. The van der Waals surface area contributed by atoms with E-state index in [0.29, 0.717) is 5.92 Å². The minimum atomic E-state index is -0.150. The van der Waals surface area contributed by atoms with Crippen LogP contribution in [0, 0.1) is 24.2 Å². The van der Waals surface area contributed by atoms with Crippen molar-refractivity contribution in [2.75, 3.05) is 0 Å². The van der Waals surface area contributed by atoms with E-state index in [1.54, 1.807) is 0 Å². The fourth-order valence-electron chi connectivity index (χ4n) is 2.82. The summed E-state index contributed by atoms with van der Waals surface area (Å²) in [5.74, 6) is 4.06. The van der Waals surface area contributed by atoms with E-state index in [0.717, 1.165) is 18.8 Å². The van der Waals surface area contributed by atoms with Crippen LogP contribution >= 0.6 is 0 Å². The first-order valence-corrected chi connectivity index (χ1v) is 6.89. The maximum absolute atomic E-state index is 9.97. The van der Waals surface area contributed by atoms with Gasteiger partial charge in [0.25, 0.3) is 0 Å². The number of aliphatic hydroxyl groups is 1. The van der Waals surface area contributed by atoms with Crippen molar-refractivity contribution in [2.24, 2.45) is 11.8 Å². The lowest BCUT2D eigenvalue weighted by Crippen LogP contribution is -2.25. The lowest BCUT2D eigenvalue weighted by atomic mass is 9.77. The van der Waals surface area contributed by atoms with E-state index in [1.807, 2.05) is 0 Å². The molecule has 0 aromatic rings. The molecule has 1 nitrogen and oxygen atoms in total. The first-order chi connectivity index (χ1) is 7.77. The number of terminal acetylenes is 1. The standard InChI is InChI=1S/C15H26O/c1-3-5-7-13-9-11-14(12-10-13)15(16)8-6-4-2/h2,13-16H,3,5-12H2,1H3. The molecule has 1 rings (SSSR count). The summed E-state index contributed by atoms with van der Waals surface area (Å²) in [7, 11) is 0. The summed E-state index contributed by atoms with van der Waals surface area (Å²) in [6, 6.07) is 0. The van der Waals surface area contributed by atoms with E-state index in [9.17, 15) is 5.11 Å². The quantitative estimate of drug-likeness (QED) is 0.678. The first kappa shape index (κ1) is 13.6. The van der Waals surface area contributed by atoms with Crippen molar-refractivity contribution in [3.8, 4) is 12.3 Å². The minimum Gasteiger partial charge on any atom is -0.393 e. The molecule has 0 saturated heterocycles. The van der Waals surface area contributed by atoms with Crippen molar-refractivity contribution < 1.29 is 5.11 Å². The Hall–Kier alpha value is -0.480. The highest BCUT2D eigenvalue weighted by Gasteiger charge is 2.25. The maximum Gasteiger partial charge on any atom is 0.0577 e. The molecule has 0 heterocycles. The van der Waals surface area contributed by atoms with Gasteiger partial charge in [-0.05, 0) is 31.1 Å². The summed E-state index contributed by atoms with van der Waals surface area (Å²) in [5, 5.41) is 9.97. The number of hydrogen-bond acceptors (Lipinski definition) is 1. The molecule has 0 amide bonds. The number of aliphatic hydroxyl groups excluding tert-OH is 1. The summed E-state index contributed by atoms with van der Waals surface area (Å²) >= 11 is 0. The third kappa shape index (κ3) is 4.58. The number of unbranched alkanes of at least 4 members (excludes halogenated alkanes) is 1. The second-order valence-corrected chi connectivity index (χ2v) is 5.23. The normalized spacial score (nSPS) is 27.3. The predicted octanol–water partition coefficient (Wildman–Crippen LogP) is 3.76. The van der Waals surface area contributed by atoms with Crippen molar-refractivity contribution in [3.05, 3.63) is 0 Å². The molecule has 1 heteroatoms. The average Bonchev–Trinajstić information content (AvgIpc) is 2.34. The molecule has 0 aromatic carbocycles. The van der Waals surface area contributed by atoms with Gasteiger partial charge in [-0.3, -0.25) is 0 Å². The highest BCUT2D eigenvalue weighted by atomic mass is 16.3. The van der Waals surface area contributed by atoms with Gasteiger partial charge in [0.1, 0.15) is 0 Å². The molecule has 1 fully saturated rings. The van der Waals surface area contributed by atoms with Gasteiger partial charge in [-0.2, -0.15) is 0 Å². The van der Waals surface area contributed by atoms with Crippen LogP contribution in [0.15, 0.2) is 0 Å². The van der Waals surface area contributed by atoms with E-state index in [2.05, 4.69) is 12.8 Å².